The first-order chi connectivity index (χ1) is 11.2. The Morgan fingerprint density at radius 1 is 1.04 bits per heavy atom. The maximum atomic E-state index is 12.8. The number of hydrogen-bond acceptors (Lipinski definition) is 2. The van der Waals surface area contributed by atoms with Crippen molar-refractivity contribution in [2.45, 2.75) is 70.4 Å². The Hall–Kier alpha value is -1.84. The van der Waals surface area contributed by atoms with E-state index in [1.807, 2.05) is 24.3 Å². The highest BCUT2D eigenvalue weighted by Gasteiger charge is 2.37. The molecular formula is C19H26N2O2. The van der Waals surface area contributed by atoms with E-state index in [1.54, 1.807) is 4.90 Å². The van der Waals surface area contributed by atoms with Crippen LogP contribution in [0, 0.1) is 0 Å². The van der Waals surface area contributed by atoms with E-state index >= 15 is 0 Å². The molecule has 1 N–H and O–H groups in total. The summed E-state index contributed by atoms with van der Waals surface area (Å²) in [6.07, 6.45) is 8.96. The molecule has 0 bridgehead atoms. The third-order valence-corrected chi connectivity index (χ3v) is 5.07. The van der Waals surface area contributed by atoms with Gasteiger partial charge in [-0.25, -0.2) is 0 Å². The van der Waals surface area contributed by atoms with Gasteiger partial charge in [-0.3, -0.25) is 14.5 Å². The lowest BCUT2D eigenvalue weighted by atomic mass is 9.96. The Morgan fingerprint density at radius 3 is 2.39 bits per heavy atom. The van der Waals surface area contributed by atoms with Gasteiger partial charge in [-0.15, -0.1) is 0 Å². The number of nitrogens with one attached hydrogen (secondary N) is 1. The minimum atomic E-state index is -0.393. The third-order valence-electron chi connectivity index (χ3n) is 5.07. The molecule has 1 aromatic rings. The van der Waals surface area contributed by atoms with Crippen molar-refractivity contribution in [3.05, 3.63) is 29.8 Å². The van der Waals surface area contributed by atoms with Crippen LogP contribution in [0.5, 0.6) is 0 Å². The maximum Gasteiger partial charge on any atom is 0.243 e. The summed E-state index contributed by atoms with van der Waals surface area (Å²) in [5.41, 5.74) is 1.97. The molecule has 2 amide bonds. The summed E-state index contributed by atoms with van der Waals surface area (Å²) in [4.78, 5) is 26.5. The Morgan fingerprint density at radius 2 is 1.70 bits per heavy atom. The number of rotatable bonds is 2. The fraction of sp³-hybridized carbons (Fsp3) is 0.579. The van der Waals surface area contributed by atoms with Gasteiger partial charge in [0.1, 0.15) is 6.04 Å². The zero-order valence-corrected chi connectivity index (χ0v) is 13.9. The minimum absolute atomic E-state index is 0.00183. The lowest BCUT2D eigenvalue weighted by Crippen LogP contribution is -2.50. The molecule has 0 aromatic heterocycles. The molecule has 1 saturated carbocycles. The Balaban J connectivity index is 1.70. The minimum Gasteiger partial charge on any atom is -0.352 e. The Kier molecular flexibility index (Phi) is 4.99. The van der Waals surface area contributed by atoms with Gasteiger partial charge in [-0.1, -0.05) is 50.3 Å². The van der Waals surface area contributed by atoms with Crippen molar-refractivity contribution >= 4 is 17.5 Å². The largest absolute Gasteiger partial charge is 0.352 e. The highest BCUT2D eigenvalue weighted by molar-refractivity contribution is 6.02. The van der Waals surface area contributed by atoms with Gasteiger partial charge in [0.15, 0.2) is 0 Å². The topological polar surface area (TPSA) is 49.4 Å². The predicted octanol–water partition coefficient (Wildman–Crippen LogP) is 3.19. The summed E-state index contributed by atoms with van der Waals surface area (Å²) in [5, 5.41) is 3.22. The quantitative estimate of drug-likeness (QED) is 0.911. The third kappa shape index (κ3) is 3.57. The molecule has 4 nitrogen and oxygen atoms in total. The van der Waals surface area contributed by atoms with Gasteiger partial charge in [0.2, 0.25) is 11.8 Å². The van der Waals surface area contributed by atoms with Crippen molar-refractivity contribution in [1.82, 2.24) is 5.32 Å². The summed E-state index contributed by atoms with van der Waals surface area (Å²) in [6, 6.07) is 7.69. The molecule has 1 aromatic carbocycles. The zero-order valence-electron chi connectivity index (χ0n) is 13.9. The van der Waals surface area contributed by atoms with Crippen LogP contribution in [0.25, 0.3) is 0 Å². The molecule has 3 rings (SSSR count). The van der Waals surface area contributed by atoms with Gasteiger partial charge in [-0.05, 0) is 24.5 Å². The SMILES string of the molecule is CC(=O)N1c2ccccc2CC1C(=O)NC1CCCCCCC1. The molecular weight excluding hydrogens is 288 g/mol. The second kappa shape index (κ2) is 7.16. The van der Waals surface area contributed by atoms with Gasteiger partial charge in [-0.2, -0.15) is 0 Å². The number of benzene rings is 1. The molecule has 124 valence electrons. The van der Waals surface area contributed by atoms with Crippen LogP contribution < -0.4 is 10.2 Å². The van der Waals surface area contributed by atoms with Crippen LogP contribution in [0.4, 0.5) is 5.69 Å². The molecule has 2 aliphatic rings. The van der Waals surface area contributed by atoms with Crippen molar-refractivity contribution in [2.75, 3.05) is 4.90 Å². The highest BCUT2D eigenvalue weighted by atomic mass is 16.2. The van der Waals surface area contributed by atoms with Crippen LogP contribution in [0.2, 0.25) is 0 Å². The van der Waals surface area contributed by atoms with Crippen molar-refractivity contribution in [3.8, 4) is 0 Å². The van der Waals surface area contributed by atoms with E-state index in [9.17, 15) is 9.59 Å². The number of hydrogen-bond donors (Lipinski definition) is 1. The normalized spacial score (nSPS) is 22.1. The van der Waals surface area contributed by atoms with Crippen molar-refractivity contribution in [2.24, 2.45) is 0 Å². The van der Waals surface area contributed by atoms with Gasteiger partial charge >= 0.3 is 0 Å². The maximum absolute atomic E-state index is 12.8. The number of anilines is 1. The highest BCUT2D eigenvalue weighted by Crippen LogP contribution is 2.32. The van der Waals surface area contributed by atoms with Crippen LogP contribution >= 0.6 is 0 Å². The molecule has 4 heteroatoms. The number of carbonyl (C=O) groups is 2. The van der Waals surface area contributed by atoms with Crippen LogP contribution in [0.1, 0.15) is 57.4 Å². The standard InChI is InChI=1S/C19H26N2O2/c1-14(22)21-17-12-8-7-9-15(17)13-18(21)19(23)20-16-10-5-3-2-4-6-11-16/h7-9,12,16,18H,2-6,10-11,13H2,1H3,(H,20,23). The molecule has 1 aliphatic heterocycles. The second-order valence-corrected chi connectivity index (χ2v) is 6.79. The lowest BCUT2D eigenvalue weighted by molar-refractivity contribution is -0.126. The molecule has 1 heterocycles. The molecule has 1 fully saturated rings. The fourth-order valence-corrected chi connectivity index (χ4v) is 3.88. The number of amides is 2. The van der Waals surface area contributed by atoms with Crippen LogP contribution in [0.15, 0.2) is 24.3 Å². The van der Waals surface area contributed by atoms with E-state index in [0.29, 0.717) is 6.42 Å². The summed E-state index contributed by atoms with van der Waals surface area (Å²) >= 11 is 0. The van der Waals surface area contributed by atoms with Gasteiger partial charge < -0.3 is 5.32 Å². The smallest absolute Gasteiger partial charge is 0.243 e. The molecule has 1 aliphatic carbocycles. The van der Waals surface area contributed by atoms with E-state index in [-0.39, 0.29) is 17.9 Å². The molecule has 0 saturated heterocycles. The first-order valence-corrected chi connectivity index (χ1v) is 8.85. The van der Waals surface area contributed by atoms with Crippen LogP contribution in [-0.2, 0) is 16.0 Å². The van der Waals surface area contributed by atoms with E-state index in [1.165, 1.54) is 39.0 Å². The summed E-state index contributed by atoms with van der Waals surface area (Å²) < 4.78 is 0. The van der Waals surface area contributed by atoms with Crippen molar-refractivity contribution in [1.29, 1.82) is 0 Å². The number of para-hydroxylation sites is 1. The summed E-state index contributed by atoms with van der Waals surface area (Å²) in [7, 11) is 0. The average Bonchev–Trinajstić information content (AvgIpc) is 2.89. The van der Waals surface area contributed by atoms with Crippen molar-refractivity contribution in [3.63, 3.8) is 0 Å². The zero-order chi connectivity index (χ0) is 16.2. The Bertz CT molecular complexity index is 576. The van der Waals surface area contributed by atoms with E-state index < -0.39 is 6.04 Å². The number of nitrogens with zero attached hydrogens (tertiary/aromatic N) is 1. The molecule has 23 heavy (non-hydrogen) atoms. The lowest BCUT2D eigenvalue weighted by Gasteiger charge is -2.27. The number of carbonyl (C=O) groups excluding carboxylic acids is 2. The van der Waals surface area contributed by atoms with E-state index in [4.69, 9.17) is 0 Å². The molecule has 0 spiro atoms. The molecule has 1 unspecified atom stereocenters. The van der Waals surface area contributed by atoms with E-state index in [2.05, 4.69) is 5.32 Å². The first kappa shape index (κ1) is 16.0. The van der Waals surface area contributed by atoms with Crippen LogP contribution in [-0.4, -0.2) is 23.9 Å². The van der Waals surface area contributed by atoms with Crippen molar-refractivity contribution < 1.29 is 9.59 Å². The summed E-state index contributed by atoms with van der Waals surface area (Å²) in [5.74, 6) is -0.0604. The predicted molar refractivity (Wildman–Crippen MR) is 91.3 cm³/mol. The summed E-state index contributed by atoms with van der Waals surface area (Å²) in [6.45, 7) is 1.54. The monoisotopic (exact) mass is 314 g/mol. The van der Waals surface area contributed by atoms with Crippen LogP contribution in [0.3, 0.4) is 0 Å². The second-order valence-electron chi connectivity index (χ2n) is 6.79. The molecule has 1 atom stereocenters. The van der Waals surface area contributed by atoms with E-state index in [0.717, 1.165) is 24.1 Å². The van der Waals surface area contributed by atoms with Gasteiger partial charge in [0.25, 0.3) is 0 Å². The number of fused-ring (bicyclic) bond motifs is 1. The van der Waals surface area contributed by atoms with Gasteiger partial charge in [0.05, 0.1) is 0 Å². The molecule has 0 radical (unpaired) electrons. The Labute approximate surface area is 138 Å². The first-order valence-electron chi connectivity index (χ1n) is 8.85. The average molecular weight is 314 g/mol. The van der Waals surface area contributed by atoms with Gasteiger partial charge in [0, 0.05) is 25.1 Å². The fourth-order valence-electron chi connectivity index (χ4n) is 3.88.